The van der Waals surface area contributed by atoms with Gasteiger partial charge in [0.05, 0.1) is 10.6 Å². The number of rotatable bonds is 5. The van der Waals surface area contributed by atoms with Gasteiger partial charge in [0.1, 0.15) is 11.6 Å². The van der Waals surface area contributed by atoms with Crippen molar-refractivity contribution in [3.8, 4) is 11.8 Å². The van der Waals surface area contributed by atoms with Crippen molar-refractivity contribution in [1.82, 2.24) is 4.57 Å². The number of hydrogen-bond donors (Lipinski definition) is 2. The highest BCUT2D eigenvalue weighted by Gasteiger charge is 2.16. The van der Waals surface area contributed by atoms with E-state index in [0.29, 0.717) is 22.0 Å². The number of nitriles is 1. The minimum Gasteiger partial charge on any atom is -0.478 e. The van der Waals surface area contributed by atoms with Crippen LogP contribution in [0.1, 0.15) is 27.3 Å². The van der Waals surface area contributed by atoms with Crippen LogP contribution in [0, 0.1) is 25.2 Å². The van der Waals surface area contributed by atoms with Gasteiger partial charge in [-0.25, -0.2) is 4.79 Å². The van der Waals surface area contributed by atoms with Crippen LogP contribution in [0.25, 0.3) is 11.8 Å². The normalized spacial score (nSPS) is 11.1. The predicted octanol–water partition coefficient (Wildman–Crippen LogP) is 5.64. The van der Waals surface area contributed by atoms with Crippen LogP contribution in [-0.4, -0.2) is 21.6 Å². The number of carbonyl (C=O) groups is 2. The summed E-state index contributed by atoms with van der Waals surface area (Å²) in [6, 6.07) is 15.0. The third kappa shape index (κ3) is 4.80. The highest BCUT2D eigenvalue weighted by atomic mass is 35.5. The Bertz CT molecular complexity index is 1250. The van der Waals surface area contributed by atoms with Crippen molar-refractivity contribution in [3.63, 3.8) is 0 Å². The van der Waals surface area contributed by atoms with Crippen LogP contribution in [0.5, 0.6) is 0 Å². The first-order chi connectivity index (χ1) is 14.7. The highest BCUT2D eigenvalue weighted by Crippen LogP contribution is 2.26. The molecule has 0 aliphatic carbocycles. The molecule has 0 spiro atoms. The van der Waals surface area contributed by atoms with E-state index in [1.165, 1.54) is 12.1 Å². The second-order valence-corrected chi connectivity index (χ2v) is 7.61. The summed E-state index contributed by atoms with van der Waals surface area (Å²) in [5.41, 5.74) is 3.43. The van der Waals surface area contributed by atoms with Gasteiger partial charge < -0.3 is 15.0 Å². The van der Waals surface area contributed by atoms with Crippen molar-refractivity contribution in [2.24, 2.45) is 0 Å². The Labute approximate surface area is 188 Å². The minimum absolute atomic E-state index is 0.0126. The molecule has 156 valence electrons. The molecule has 31 heavy (non-hydrogen) atoms. The molecule has 0 atom stereocenters. The number of carboxylic acid groups (broad SMARTS) is 1. The first-order valence-corrected chi connectivity index (χ1v) is 9.87. The van der Waals surface area contributed by atoms with Crippen molar-refractivity contribution < 1.29 is 14.7 Å². The quantitative estimate of drug-likeness (QED) is 0.385. The lowest BCUT2D eigenvalue weighted by Gasteiger charge is -2.11. The van der Waals surface area contributed by atoms with E-state index < -0.39 is 11.9 Å². The molecule has 0 saturated heterocycles. The van der Waals surface area contributed by atoms with Crippen LogP contribution in [0.4, 0.5) is 5.69 Å². The summed E-state index contributed by atoms with van der Waals surface area (Å²) in [4.78, 5) is 23.7. The molecule has 0 radical (unpaired) electrons. The van der Waals surface area contributed by atoms with Gasteiger partial charge in [-0.2, -0.15) is 5.26 Å². The van der Waals surface area contributed by atoms with E-state index in [-0.39, 0.29) is 16.2 Å². The van der Waals surface area contributed by atoms with Gasteiger partial charge >= 0.3 is 5.97 Å². The molecule has 6 nitrogen and oxygen atoms in total. The molecule has 1 aromatic heterocycles. The van der Waals surface area contributed by atoms with Gasteiger partial charge in [0.25, 0.3) is 5.91 Å². The number of aryl methyl sites for hydroxylation is 1. The van der Waals surface area contributed by atoms with E-state index in [1.54, 1.807) is 36.4 Å². The third-order valence-corrected chi connectivity index (χ3v) is 5.24. The lowest BCUT2D eigenvalue weighted by molar-refractivity contribution is -0.112. The maximum absolute atomic E-state index is 12.5. The van der Waals surface area contributed by atoms with Crippen molar-refractivity contribution in [2.45, 2.75) is 13.8 Å². The Kier molecular flexibility index (Phi) is 6.50. The van der Waals surface area contributed by atoms with Gasteiger partial charge in [-0.15, -0.1) is 0 Å². The van der Waals surface area contributed by atoms with Crippen molar-refractivity contribution >= 4 is 46.8 Å². The number of anilines is 1. The number of nitrogens with zero attached hydrogens (tertiary/aromatic N) is 2. The Balaban J connectivity index is 1.94. The second kappa shape index (κ2) is 9.09. The topological polar surface area (TPSA) is 95.1 Å². The molecular formula is C23H17Cl2N3O3. The Hall–Kier alpha value is -3.53. The average Bonchev–Trinajstić information content (AvgIpc) is 3.00. The number of nitrogens with one attached hydrogen (secondary N) is 1. The minimum atomic E-state index is -1.11. The average molecular weight is 454 g/mol. The number of benzene rings is 2. The fourth-order valence-corrected chi connectivity index (χ4v) is 3.56. The maximum atomic E-state index is 12.5. The summed E-state index contributed by atoms with van der Waals surface area (Å²) in [6.45, 7) is 3.70. The summed E-state index contributed by atoms with van der Waals surface area (Å²) in [5, 5.41) is 22.0. The van der Waals surface area contributed by atoms with E-state index in [9.17, 15) is 14.9 Å². The van der Waals surface area contributed by atoms with Gasteiger partial charge in [0.2, 0.25) is 0 Å². The highest BCUT2D eigenvalue weighted by molar-refractivity contribution is 6.33. The summed E-state index contributed by atoms with van der Waals surface area (Å²) in [6.07, 6.45) is 1.51. The summed E-state index contributed by atoms with van der Waals surface area (Å²) in [7, 11) is 0. The molecule has 0 aliphatic rings. The molecule has 0 bridgehead atoms. The molecule has 1 heterocycles. The van der Waals surface area contributed by atoms with E-state index in [4.69, 9.17) is 28.3 Å². The molecule has 3 rings (SSSR count). The zero-order chi connectivity index (χ0) is 22.7. The van der Waals surface area contributed by atoms with Crippen LogP contribution in [0.15, 0.2) is 54.1 Å². The number of amides is 1. The van der Waals surface area contributed by atoms with Crippen LogP contribution in [-0.2, 0) is 4.79 Å². The molecule has 8 heteroatoms. The lowest BCUT2D eigenvalue weighted by Crippen LogP contribution is -2.13. The smallest absolute Gasteiger partial charge is 0.337 e. The van der Waals surface area contributed by atoms with Gasteiger partial charge in [-0.1, -0.05) is 23.2 Å². The molecule has 2 aromatic carbocycles. The largest absolute Gasteiger partial charge is 0.478 e. The fourth-order valence-electron chi connectivity index (χ4n) is 3.18. The van der Waals surface area contributed by atoms with Crippen LogP contribution >= 0.6 is 23.2 Å². The Morgan fingerprint density at radius 3 is 2.35 bits per heavy atom. The summed E-state index contributed by atoms with van der Waals surface area (Å²) >= 11 is 12.0. The van der Waals surface area contributed by atoms with Gasteiger partial charge in [-0.05, 0) is 74.0 Å². The number of carbonyl (C=O) groups excluding carboxylic acids is 1. The molecule has 1 amide bonds. The molecule has 0 unspecified atom stereocenters. The number of hydrogen-bond acceptors (Lipinski definition) is 3. The zero-order valence-corrected chi connectivity index (χ0v) is 18.1. The number of carboxylic acids is 1. The van der Waals surface area contributed by atoms with E-state index in [0.717, 1.165) is 11.4 Å². The molecular weight excluding hydrogens is 437 g/mol. The molecule has 2 N–H and O–H groups in total. The van der Waals surface area contributed by atoms with E-state index in [2.05, 4.69) is 5.32 Å². The second-order valence-electron chi connectivity index (χ2n) is 6.76. The molecule has 0 saturated carbocycles. The third-order valence-electron chi connectivity index (χ3n) is 4.68. The SMILES string of the molecule is Cc1cc(/C=C(/C#N)C(=O)Nc2ccc(Cl)cc2)c(C)n1-c1ccc(C(=O)O)c(Cl)c1. The Morgan fingerprint density at radius 1 is 1.10 bits per heavy atom. The Morgan fingerprint density at radius 2 is 1.77 bits per heavy atom. The van der Waals surface area contributed by atoms with E-state index in [1.807, 2.05) is 30.6 Å². The maximum Gasteiger partial charge on any atom is 0.337 e. The van der Waals surface area contributed by atoms with Crippen molar-refractivity contribution in [2.75, 3.05) is 5.32 Å². The predicted molar refractivity (Wildman–Crippen MR) is 121 cm³/mol. The van der Waals surface area contributed by atoms with Crippen LogP contribution in [0.2, 0.25) is 10.0 Å². The molecule has 0 fully saturated rings. The standard InChI is InChI=1S/C23H17Cl2N3O3/c1-13-9-15(10-16(12-26)22(29)27-18-5-3-17(24)4-6-18)14(2)28(13)19-7-8-20(23(30)31)21(25)11-19/h3-11H,1-2H3,(H,27,29)(H,30,31)/b16-10-. The van der Waals surface area contributed by atoms with E-state index >= 15 is 0 Å². The van der Waals surface area contributed by atoms with Gasteiger partial charge in [-0.3, -0.25) is 4.79 Å². The van der Waals surface area contributed by atoms with Gasteiger partial charge in [0, 0.05) is 27.8 Å². The van der Waals surface area contributed by atoms with Crippen molar-refractivity contribution in [1.29, 1.82) is 5.26 Å². The summed E-state index contributed by atoms with van der Waals surface area (Å²) < 4.78 is 1.87. The monoisotopic (exact) mass is 453 g/mol. The number of halogens is 2. The van der Waals surface area contributed by atoms with Gasteiger partial charge in [0.15, 0.2) is 0 Å². The van der Waals surface area contributed by atoms with Crippen LogP contribution < -0.4 is 5.32 Å². The first-order valence-electron chi connectivity index (χ1n) is 9.12. The molecule has 3 aromatic rings. The fraction of sp³-hybridized carbons (Fsp3) is 0.0870. The number of aromatic carboxylic acids is 1. The zero-order valence-electron chi connectivity index (χ0n) is 16.6. The lowest BCUT2D eigenvalue weighted by atomic mass is 10.1. The van der Waals surface area contributed by atoms with Crippen LogP contribution in [0.3, 0.4) is 0 Å². The number of aromatic nitrogens is 1. The summed E-state index contributed by atoms with van der Waals surface area (Å²) in [5.74, 6) is -1.64. The molecule has 0 aliphatic heterocycles. The van der Waals surface area contributed by atoms with Crippen molar-refractivity contribution in [3.05, 3.63) is 86.7 Å². The first kappa shape index (κ1) is 22.2.